The number of nitrogens with one attached hydrogen (secondary N) is 1. The van der Waals surface area contributed by atoms with Gasteiger partial charge in [-0.25, -0.2) is 5.01 Å². The normalized spacial score (nSPS) is 16.0. The quantitative estimate of drug-likeness (QED) is 0.518. The Balaban J connectivity index is 1.45. The summed E-state index contributed by atoms with van der Waals surface area (Å²) in [6, 6.07) is 27.0. The smallest absolute Gasteiger partial charge is 0.243 e. The van der Waals surface area contributed by atoms with Crippen molar-refractivity contribution < 1.29 is 14.3 Å². The predicted octanol–water partition coefficient (Wildman–Crippen LogP) is 5.03. The third kappa shape index (κ3) is 5.52. The highest BCUT2D eigenvalue weighted by Crippen LogP contribution is 2.34. The minimum absolute atomic E-state index is 0.0889. The Morgan fingerprint density at radius 1 is 0.971 bits per heavy atom. The van der Waals surface area contributed by atoms with Crippen molar-refractivity contribution in [3.63, 3.8) is 0 Å². The molecule has 0 fully saturated rings. The molecule has 2 atom stereocenters. The summed E-state index contributed by atoms with van der Waals surface area (Å²) >= 11 is 0. The average Bonchev–Trinajstić information content (AvgIpc) is 3.34. The topological polar surface area (TPSA) is 71.0 Å². The Morgan fingerprint density at radius 2 is 1.62 bits per heavy atom. The summed E-state index contributed by atoms with van der Waals surface area (Å²) in [6.45, 7) is 1.94. The molecule has 0 saturated heterocycles. The van der Waals surface area contributed by atoms with Crippen LogP contribution in [0.2, 0.25) is 0 Å². The first-order chi connectivity index (χ1) is 16.5. The summed E-state index contributed by atoms with van der Waals surface area (Å²) in [6.07, 6.45) is 0.808. The van der Waals surface area contributed by atoms with Crippen molar-refractivity contribution in [2.24, 2.45) is 5.10 Å². The van der Waals surface area contributed by atoms with Crippen LogP contribution in [-0.4, -0.2) is 29.6 Å². The molecule has 1 N–H and O–H groups in total. The number of hydrogen-bond acceptors (Lipinski definition) is 4. The van der Waals surface area contributed by atoms with Crippen molar-refractivity contribution >= 4 is 17.5 Å². The van der Waals surface area contributed by atoms with Gasteiger partial charge >= 0.3 is 0 Å². The minimum atomic E-state index is -0.222. The lowest BCUT2D eigenvalue weighted by Crippen LogP contribution is -2.30. The fourth-order valence-electron chi connectivity index (χ4n) is 4.10. The maximum Gasteiger partial charge on any atom is 0.243 e. The average molecular weight is 456 g/mol. The molecule has 1 aliphatic rings. The van der Waals surface area contributed by atoms with Crippen molar-refractivity contribution in [1.29, 1.82) is 0 Å². The molecule has 0 radical (unpaired) electrons. The van der Waals surface area contributed by atoms with Crippen LogP contribution in [0, 0.1) is 0 Å². The molecule has 0 spiro atoms. The summed E-state index contributed by atoms with van der Waals surface area (Å²) in [5.74, 6) is 0.430. The molecule has 0 saturated carbocycles. The zero-order valence-electron chi connectivity index (χ0n) is 19.5. The van der Waals surface area contributed by atoms with Gasteiger partial charge in [0.1, 0.15) is 5.75 Å². The van der Waals surface area contributed by atoms with Gasteiger partial charge in [0.05, 0.1) is 24.9 Å². The van der Waals surface area contributed by atoms with Crippen molar-refractivity contribution in [2.45, 2.75) is 38.3 Å². The first-order valence-corrected chi connectivity index (χ1v) is 11.5. The van der Waals surface area contributed by atoms with E-state index in [1.807, 2.05) is 91.9 Å². The van der Waals surface area contributed by atoms with Gasteiger partial charge in [-0.15, -0.1) is 0 Å². The van der Waals surface area contributed by atoms with Crippen molar-refractivity contribution in [1.82, 2.24) is 10.3 Å². The highest BCUT2D eigenvalue weighted by Gasteiger charge is 2.33. The fraction of sp³-hybridized carbons (Fsp3) is 0.250. The van der Waals surface area contributed by atoms with Crippen LogP contribution in [-0.2, 0) is 9.59 Å². The van der Waals surface area contributed by atoms with E-state index in [0.29, 0.717) is 6.42 Å². The third-order valence-corrected chi connectivity index (χ3v) is 6.02. The van der Waals surface area contributed by atoms with E-state index in [1.165, 1.54) is 5.01 Å². The van der Waals surface area contributed by atoms with E-state index in [4.69, 9.17) is 4.74 Å². The Kier molecular flexibility index (Phi) is 7.38. The lowest BCUT2D eigenvalue weighted by atomic mass is 9.98. The van der Waals surface area contributed by atoms with E-state index in [0.717, 1.165) is 28.2 Å². The van der Waals surface area contributed by atoms with Gasteiger partial charge in [-0.1, -0.05) is 72.8 Å². The number of carbonyl (C=O) groups excluding carboxylic acids is 2. The van der Waals surface area contributed by atoms with Crippen LogP contribution in [0.5, 0.6) is 5.75 Å². The maximum absolute atomic E-state index is 13.2. The molecule has 174 valence electrons. The van der Waals surface area contributed by atoms with Crippen molar-refractivity contribution in [3.05, 3.63) is 102 Å². The van der Waals surface area contributed by atoms with Crippen LogP contribution >= 0.6 is 0 Å². The monoisotopic (exact) mass is 455 g/mol. The predicted molar refractivity (Wildman–Crippen MR) is 132 cm³/mol. The molecule has 2 unspecified atom stereocenters. The molecule has 2 amide bonds. The second kappa shape index (κ2) is 10.8. The summed E-state index contributed by atoms with van der Waals surface area (Å²) in [4.78, 5) is 25.7. The van der Waals surface area contributed by atoms with Gasteiger partial charge in [-0.3, -0.25) is 9.59 Å². The number of ether oxygens (including phenoxy) is 1. The number of benzene rings is 3. The van der Waals surface area contributed by atoms with Gasteiger partial charge < -0.3 is 10.1 Å². The lowest BCUT2D eigenvalue weighted by molar-refractivity contribution is -0.135. The van der Waals surface area contributed by atoms with Crippen LogP contribution in [0.25, 0.3) is 0 Å². The molecule has 4 rings (SSSR count). The van der Waals surface area contributed by atoms with Crippen LogP contribution in [0.4, 0.5) is 0 Å². The molecule has 6 nitrogen and oxygen atoms in total. The fourth-order valence-corrected chi connectivity index (χ4v) is 4.10. The standard InChI is InChI=1S/C28H29N3O3/c1-20(21-9-5-3-6-10-21)29-27(32)17-18-28(33)31-26(23-13-15-24(34-2)16-14-23)19-25(30-31)22-11-7-4-8-12-22/h3-16,20,26H,17-19H2,1-2H3,(H,29,32). The summed E-state index contributed by atoms with van der Waals surface area (Å²) in [7, 11) is 1.63. The number of carbonyl (C=O) groups is 2. The number of hydrogen-bond donors (Lipinski definition) is 1. The lowest BCUT2D eigenvalue weighted by Gasteiger charge is -2.22. The van der Waals surface area contributed by atoms with Crippen molar-refractivity contribution in [3.8, 4) is 5.75 Å². The van der Waals surface area contributed by atoms with Gasteiger partial charge in [0.25, 0.3) is 0 Å². The number of amides is 2. The third-order valence-electron chi connectivity index (χ3n) is 6.02. The number of hydrazone groups is 1. The molecule has 0 aromatic heterocycles. The molecule has 1 heterocycles. The molecule has 0 aliphatic carbocycles. The summed E-state index contributed by atoms with van der Waals surface area (Å²) in [5.41, 5.74) is 3.85. The minimum Gasteiger partial charge on any atom is -0.497 e. The SMILES string of the molecule is COc1ccc(C2CC(c3ccccc3)=NN2C(=O)CCC(=O)NC(C)c2ccccc2)cc1. The van der Waals surface area contributed by atoms with Gasteiger partial charge in [0.15, 0.2) is 0 Å². The molecular formula is C28H29N3O3. The first kappa shape index (κ1) is 23.2. The number of rotatable bonds is 8. The van der Waals surface area contributed by atoms with E-state index >= 15 is 0 Å². The number of methoxy groups -OCH3 is 1. The zero-order valence-corrected chi connectivity index (χ0v) is 19.5. The van der Waals surface area contributed by atoms with Gasteiger partial charge in [-0.2, -0.15) is 5.10 Å². The van der Waals surface area contributed by atoms with Crippen LogP contribution in [0.1, 0.15) is 55.0 Å². The Morgan fingerprint density at radius 3 is 2.26 bits per heavy atom. The second-order valence-corrected chi connectivity index (χ2v) is 8.34. The Bertz CT molecular complexity index is 1140. The van der Waals surface area contributed by atoms with E-state index in [2.05, 4.69) is 10.4 Å². The molecular weight excluding hydrogens is 426 g/mol. The van der Waals surface area contributed by atoms with Crippen LogP contribution in [0.15, 0.2) is 90.0 Å². The molecule has 34 heavy (non-hydrogen) atoms. The first-order valence-electron chi connectivity index (χ1n) is 11.5. The molecule has 0 bridgehead atoms. The molecule has 3 aromatic rings. The molecule has 3 aromatic carbocycles. The van der Waals surface area contributed by atoms with Crippen LogP contribution < -0.4 is 10.1 Å². The Hall–Kier alpha value is -3.93. The van der Waals surface area contributed by atoms with Crippen molar-refractivity contribution in [2.75, 3.05) is 7.11 Å². The summed E-state index contributed by atoms with van der Waals surface area (Å²) < 4.78 is 5.27. The van der Waals surface area contributed by atoms with Crippen LogP contribution in [0.3, 0.4) is 0 Å². The maximum atomic E-state index is 13.2. The summed E-state index contributed by atoms with van der Waals surface area (Å²) in [5, 5.41) is 9.20. The van der Waals surface area contributed by atoms with Gasteiger partial charge in [0, 0.05) is 19.3 Å². The highest BCUT2D eigenvalue weighted by molar-refractivity contribution is 6.03. The Labute approximate surface area is 200 Å². The van der Waals surface area contributed by atoms with Gasteiger partial charge in [0.2, 0.25) is 11.8 Å². The zero-order chi connectivity index (χ0) is 23.9. The molecule has 6 heteroatoms. The van der Waals surface area contributed by atoms with E-state index < -0.39 is 0 Å². The second-order valence-electron chi connectivity index (χ2n) is 8.34. The van der Waals surface area contributed by atoms with E-state index in [-0.39, 0.29) is 36.7 Å². The molecule has 1 aliphatic heterocycles. The van der Waals surface area contributed by atoms with Gasteiger partial charge in [-0.05, 0) is 35.7 Å². The number of nitrogens with zero attached hydrogens (tertiary/aromatic N) is 2. The highest BCUT2D eigenvalue weighted by atomic mass is 16.5. The largest absolute Gasteiger partial charge is 0.497 e. The van der Waals surface area contributed by atoms with E-state index in [1.54, 1.807) is 7.11 Å². The van der Waals surface area contributed by atoms with E-state index in [9.17, 15) is 9.59 Å².